The summed E-state index contributed by atoms with van der Waals surface area (Å²) in [5.41, 5.74) is 0. The van der Waals surface area contributed by atoms with Crippen LogP contribution in [0, 0.1) is 0 Å². The number of hydrogen-bond donors (Lipinski definition) is 0. The smallest absolute Gasteiger partial charge is 0.125 e. The molecule has 5 heteroatoms. The molecule has 0 bridgehead atoms. The summed E-state index contributed by atoms with van der Waals surface area (Å²) in [4.78, 5) is 0. The Balaban J connectivity index is 3.54. The van der Waals surface area contributed by atoms with Gasteiger partial charge in [0.2, 0.25) is 0 Å². The van der Waals surface area contributed by atoms with Crippen LogP contribution < -0.4 is 0 Å². The Hall–Kier alpha value is 1.38. The highest BCUT2D eigenvalue weighted by atomic mass is 35.8. The molecule has 0 saturated carbocycles. The predicted octanol–water partition coefficient (Wildman–Crippen LogP) is 2.81. The quantitative estimate of drug-likeness (QED) is 0.345. The van der Waals surface area contributed by atoms with Crippen LogP contribution in [0.1, 0.15) is 6.92 Å². The molecule has 0 N–H and O–H groups in total. The summed E-state index contributed by atoms with van der Waals surface area (Å²) in [6, 6.07) is -2.55. The summed E-state index contributed by atoms with van der Waals surface area (Å²) < 4.78 is 0. The van der Waals surface area contributed by atoms with Gasteiger partial charge in [-0.15, -0.1) is 44.8 Å². The molecule has 7 heavy (non-hydrogen) atoms. The number of rotatable bonds is 1. The van der Waals surface area contributed by atoms with Crippen molar-refractivity contribution in [1.29, 1.82) is 0 Å². The summed E-state index contributed by atoms with van der Waals surface area (Å²) in [7, 11) is 0. The van der Waals surface area contributed by atoms with Gasteiger partial charge in [-0.25, -0.2) is 0 Å². The molecule has 0 aromatic heterocycles. The third-order valence-electron chi connectivity index (χ3n) is 0.451. The van der Waals surface area contributed by atoms with Crippen LogP contribution in [0.2, 0.25) is 0 Å². The molecule has 0 aliphatic heterocycles. The maximum absolute atomic E-state index is 5.42. The van der Waals surface area contributed by atoms with Gasteiger partial charge >= 0.3 is 6.00 Å². The van der Waals surface area contributed by atoms with Gasteiger partial charge in [0.25, 0.3) is 0 Å². The molecular weight excluding hydrogens is 194 g/mol. The Kier molecular flexibility index (Phi) is 3.33. The summed E-state index contributed by atoms with van der Waals surface area (Å²) in [5.74, 6) is 0. The average molecular weight is 198 g/mol. The molecule has 0 heterocycles. The maximum atomic E-state index is 5.42. The molecule has 0 spiro atoms. The zero-order chi connectivity index (χ0) is 6.08. The minimum Gasteiger partial charge on any atom is -0.125 e. The van der Waals surface area contributed by atoms with E-state index in [4.69, 9.17) is 44.8 Å². The fourth-order valence-corrected chi connectivity index (χ4v) is 0. The molecule has 1 atom stereocenters. The normalized spacial score (nSPS) is 16.7. The molecule has 0 saturated heterocycles. The van der Waals surface area contributed by atoms with E-state index in [0.717, 1.165) is 0 Å². The minimum atomic E-state index is -2.55. The molecule has 0 unspecified atom stereocenters. The van der Waals surface area contributed by atoms with Crippen LogP contribution in [0.15, 0.2) is 0 Å². The van der Waals surface area contributed by atoms with Crippen molar-refractivity contribution in [3.05, 3.63) is 0 Å². The van der Waals surface area contributed by atoms with Crippen molar-refractivity contribution in [3.63, 3.8) is 0 Å². The first-order chi connectivity index (χ1) is 2.94. The third kappa shape index (κ3) is 3.92. The van der Waals surface area contributed by atoms with E-state index >= 15 is 0 Å². The first-order valence-corrected chi connectivity index (χ1v) is 7.20. The number of halogens is 4. The average Bonchev–Trinajstić information content (AvgIpc) is 1.31. The molecule has 0 radical (unpaired) electrons. The lowest BCUT2D eigenvalue weighted by atomic mass is 11.0. The van der Waals surface area contributed by atoms with Crippen LogP contribution in [-0.4, -0.2) is 11.0 Å². The summed E-state index contributed by atoms with van der Waals surface area (Å²) >= 11 is 21.6. The van der Waals surface area contributed by atoms with E-state index in [-0.39, 0.29) is 5.00 Å². The Labute approximate surface area is 62.8 Å². The Morgan fingerprint density at radius 3 is 1.43 bits per heavy atom. The SMILES string of the molecule is C[C@H](Cl)[Si](Cl)(Cl)Cl. The topological polar surface area (TPSA) is 0 Å². The van der Waals surface area contributed by atoms with Crippen LogP contribution >= 0.6 is 44.8 Å². The Morgan fingerprint density at radius 2 is 1.43 bits per heavy atom. The van der Waals surface area contributed by atoms with Crippen LogP contribution in [0.3, 0.4) is 0 Å². The predicted molar refractivity (Wildman–Crippen MR) is 38.6 cm³/mol. The van der Waals surface area contributed by atoms with Gasteiger partial charge in [-0.05, 0) is 6.92 Å². The third-order valence-corrected chi connectivity index (χ3v) is 6.29. The van der Waals surface area contributed by atoms with Crippen LogP contribution in [0.4, 0.5) is 0 Å². The fourth-order valence-electron chi connectivity index (χ4n) is 0. The van der Waals surface area contributed by atoms with Crippen molar-refractivity contribution in [2.75, 3.05) is 0 Å². The van der Waals surface area contributed by atoms with E-state index in [1.165, 1.54) is 0 Å². The van der Waals surface area contributed by atoms with Crippen molar-refractivity contribution in [2.24, 2.45) is 0 Å². The summed E-state index contributed by atoms with van der Waals surface area (Å²) in [6.45, 7) is 1.68. The molecule has 0 amide bonds. The lowest BCUT2D eigenvalue weighted by Crippen LogP contribution is -2.22. The fraction of sp³-hybridized carbons (Fsp3) is 1.00. The van der Waals surface area contributed by atoms with Gasteiger partial charge in [-0.3, -0.25) is 0 Å². The van der Waals surface area contributed by atoms with Crippen molar-refractivity contribution in [2.45, 2.75) is 11.9 Å². The van der Waals surface area contributed by atoms with Crippen molar-refractivity contribution >= 4 is 50.8 Å². The number of alkyl halides is 1. The van der Waals surface area contributed by atoms with Gasteiger partial charge in [0.05, 0.1) is 5.00 Å². The van der Waals surface area contributed by atoms with Gasteiger partial charge in [0.1, 0.15) is 0 Å². The summed E-state index contributed by atoms with van der Waals surface area (Å²) in [6.07, 6.45) is 0. The Bertz CT molecular complexity index is 55.2. The van der Waals surface area contributed by atoms with Gasteiger partial charge in [-0.1, -0.05) is 0 Å². The monoisotopic (exact) mass is 196 g/mol. The van der Waals surface area contributed by atoms with E-state index < -0.39 is 6.00 Å². The van der Waals surface area contributed by atoms with Gasteiger partial charge in [0.15, 0.2) is 0 Å². The standard InChI is InChI=1S/C2H4Cl4Si/c1-2(3)7(4,5)6/h2H,1H3/t2-/m1/s1. The van der Waals surface area contributed by atoms with Crippen LogP contribution in [-0.2, 0) is 0 Å². The van der Waals surface area contributed by atoms with Crippen molar-refractivity contribution < 1.29 is 0 Å². The van der Waals surface area contributed by atoms with Gasteiger partial charge in [0, 0.05) is 0 Å². The highest BCUT2D eigenvalue weighted by Gasteiger charge is 2.31. The van der Waals surface area contributed by atoms with Gasteiger partial charge in [-0.2, -0.15) is 0 Å². The zero-order valence-corrected chi connectivity index (χ0v) is 7.61. The van der Waals surface area contributed by atoms with E-state index in [0.29, 0.717) is 0 Å². The van der Waals surface area contributed by atoms with Crippen molar-refractivity contribution in [3.8, 4) is 0 Å². The molecular formula is C2H4Cl4Si. The molecule has 0 nitrogen and oxygen atoms in total. The van der Waals surface area contributed by atoms with E-state index in [1.807, 2.05) is 0 Å². The van der Waals surface area contributed by atoms with Crippen LogP contribution in [0.5, 0.6) is 0 Å². The Morgan fingerprint density at radius 1 is 1.29 bits per heavy atom. The minimum absolute atomic E-state index is 0.294. The molecule has 0 rings (SSSR count). The van der Waals surface area contributed by atoms with E-state index in [9.17, 15) is 0 Å². The highest BCUT2D eigenvalue weighted by molar-refractivity contribution is 7.66. The second kappa shape index (κ2) is 2.79. The molecule has 44 valence electrons. The second-order valence-corrected chi connectivity index (χ2v) is 11.2. The molecule has 0 aliphatic carbocycles. The maximum Gasteiger partial charge on any atom is 0.358 e. The molecule has 0 aromatic rings. The first kappa shape index (κ1) is 8.38. The molecule has 0 aliphatic rings. The highest BCUT2D eigenvalue weighted by Crippen LogP contribution is 2.27. The lowest BCUT2D eigenvalue weighted by molar-refractivity contribution is 1.36. The van der Waals surface area contributed by atoms with E-state index in [1.54, 1.807) is 6.92 Å². The summed E-state index contributed by atoms with van der Waals surface area (Å²) in [5, 5.41) is -0.294. The van der Waals surface area contributed by atoms with E-state index in [2.05, 4.69) is 0 Å². The molecule has 0 aromatic carbocycles. The second-order valence-electron chi connectivity index (χ2n) is 1.16. The van der Waals surface area contributed by atoms with Gasteiger partial charge < -0.3 is 0 Å². The number of hydrogen-bond acceptors (Lipinski definition) is 0. The first-order valence-electron chi connectivity index (χ1n) is 1.65. The van der Waals surface area contributed by atoms with Crippen LogP contribution in [0.25, 0.3) is 0 Å². The lowest BCUT2D eigenvalue weighted by Gasteiger charge is -2.07. The largest absolute Gasteiger partial charge is 0.358 e. The van der Waals surface area contributed by atoms with Crippen molar-refractivity contribution in [1.82, 2.24) is 0 Å². The molecule has 0 fully saturated rings. The zero-order valence-electron chi connectivity index (χ0n) is 3.59.